The standard InChI is InChI=1S/C17H20N2OS/c1-12-9-16(11-21-12)19-17(20)14-6-4-13(5-7-14)15-3-2-8-18-10-15/h4-7,9,11,15,18H,2-3,8,10H2,1H3,(H,19,20). The minimum absolute atomic E-state index is 0.0406. The smallest absolute Gasteiger partial charge is 0.255 e. The zero-order valence-electron chi connectivity index (χ0n) is 12.2. The molecule has 1 aliphatic heterocycles. The topological polar surface area (TPSA) is 41.1 Å². The van der Waals surface area contributed by atoms with Crippen molar-refractivity contribution in [3.8, 4) is 0 Å². The highest BCUT2D eigenvalue weighted by Crippen LogP contribution is 2.24. The summed E-state index contributed by atoms with van der Waals surface area (Å²) in [6.07, 6.45) is 2.46. The molecule has 1 amide bonds. The van der Waals surface area contributed by atoms with E-state index >= 15 is 0 Å². The van der Waals surface area contributed by atoms with Gasteiger partial charge in [0.05, 0.1) is 5.69 Å². The number of carbonyl (C=O) groups excluding carboxylic acids is 1. The molecule has 1 atom stereocenters. The molecule has 21 heavy (non-hydrogen) atoms. The number of carbonyl (C=O) groups is 1. The molecule has 0 bridgehead atoms. The number of hydrogen-bond donors (Lipinski definition) is 2. The van der Waals surface area contributed by atoms with E-state index in [-0.39, 0.29) is 5.91 Å². The van der Waals surface area contributed by atoms with E-state index in [0.717, 1.165) is 18.8 Å². The largest absolute Gasteiger partial charge is 0.321 e. The lowest BCUT2D eigenvalue weighted by molar-refractivity contribution is 0.102. The molecule has 1 aromatic carbocycles. The lowest BCUT2D eigenvalue weighted by atomic mass is 9.91. The summed E-state index contributed by atoms with van der Waals surface area (Å²) < 4.78 is 0. The van der Waals surface area contributed by atoms with E-state index in [2.05, 4.69) is 22.8 Å². The van der Waals surface area contributed by atoms with Crippen LogP contribution in [0.4, 0.5) is 5.69 Å². The molecule has 1 unspecified atom stereocenters. The van der Waals surface area contributed by atoms with E-state index in [1.807, 2.05) is 30.5 Å². The maximum absolute atomic E-state index is 12.2. The Morgan fingerprint density at radius 2 is 2.14 bits per heavy atom. The van der Waals surface area contributed by atoms with Crippen LogP contribution in [0, 0.1) is 6.92 Å². The van der Waals surface area contributed by atoms with Crippen LogP contribution in [-0.2, 0) is 0 Å². The van der Waals surface area contributed by atoms with Gasteiger partial charge in [0.1, 0.15) is 0 Å². The molecule has 0 aliphatic carbocycles. The van der Waals surface area contributed by atoms with Crippen LogP contribution < -0.4 is 10.6 Å². The third kappa shape index (κ3) is 3.52. The Morgan fingerprint density at radius 3 is 2.76 bits per heavy atom. The van der Waals surface area contributed by atoms with Gasteiger partial charge in [-0.1, -0.05) is 12.1 Å². The molecule has 1 saturated heterocycles. The van der Waals surface area contributed by atoms with Gasteiger partial charge in [0, 0.05) is 22.4 Å². The SMILES string of the molecule is Cc1cc(NC(=O)c2ccc(C3CCCNC3)cc2)cs1. The quantitative estimate of drug-likeness (QED) is 0.906. The van der Waals surface area contributed by atoms with Gasteiger partial charge < -0.3 is 10.6 Å². The average Bonchev–Trinajstić information content (AvgIpc) is 2.93. The molecule has 3 rings (SSSR count). The predicted molar refractivity (Wildman–Crippen MR) is 88.3 cm³/mol. The Balaban J connectivity index is 1.67. The van der Waals surface area contributed by atoms with Crippen molar-refractivity contribution in [2.24, 2.45) is 0 Å². The van der Waals surface area contributed by atoms with Gasteiger partial charge >= 0.3 is 0 Å². The summed E-state index contributed by atoms with van der Waals surface area (Å²) in [5, 5.41) is 8.33. The molecule has 2 heterocycles. The fraction of sp³-hybridized carbons (Fsp3) is 0.353. The molecule has 0 saturated carbocycles. The van der Waals surface area contributed by atoms with E-state index in [9.17, 15) is 4.79 Å². The summed E-state index contributed by atoms with van der Waals surface area (Å²) in [4.78, 5) is 13.4. The first-order chi connectivity index (χ1) is 10.2. The van der Waals surface area contributed by atoms with E-state index in [0.29, 0.717) is 11.5 Å². The van der Waals surface area contributed by atoms with Gasteiger partial charge in [-0.05, 0) is 56.0 Å². The van der Waals surface area contributed by atoms with Crippen molar-refractivity contribution >= 4 is 22.9 Å². The monoisotopic (exact) mass is 300 g/mol. The van der Waals surface area contributed by atoms with Gasteiger partial charge in [0.15, 0.2) is 0 Å². The Hall–Kier alpha value is -1.65. The third-order valence-corrected chi connectivity index (χ3v) is 4.79. The van der Waals surface area contributed by atoms with Crippen LogP contribution in [0.2, 0.25) is 0 Å². The van der Waals surface area contributed by atoms with Crippen molar-refractivity contribution < 1.29 is 4.79 Å². The highest BCUT2D eigenvalue weighted by Gasteiger charge is 2.15. The Morgan fingerprint density at radius 1 is 1.33 bits per heavy atom. The first-order valence-corrected chi connectivity index (χ1v) is 8.27. The summed E-state index contributed by atoms with van der Waals surface area (Å²) >= 11 is 1.64. The normalized spacial score (nSPS) is 18.4. The first kappa shape index (κ1) is 14.3. The number of hydrogen-bond acceptors (Lipinski definition) is 3. The fourth-order valence-electron chi connectivity index (χ4n) is 2.76. The van der Waals surface area contributed by atoms with Gasteiger partial charge in [0.25, 0.3) is 5.91 Å². The van der Waals surface area contributed by atoms with Crippen molar-refractivity contribution in [3.63, 3.8) is 0 Å². The molecule has 0 radical (unpaired) electrons. The van der Waals surface area contributed by atoms with E-state index < -0.39 is 0 Å². The van der Waals surface area contributed by atoms with Crippen molar-refractivity contribution in [2.45, 2.75) is 25.7 Å². The zero-order chi connectivity index (χ0) is 14.7. The fourth-order valence-corrected chi connectivity index (χ4v) is 3.39. The van der Waals surface area contributed by atoms with E-state index in [1.165, 1.54) is 23.3 Å². The molecule has 3 nitrogen and oxygen atoms in total. The predicted octanol–water partition coefficient (Wildman–Crippen LogP) is 3.78. The minimum atomic E-state index is -0.0406. The molecule has 1 aliphatic rings. The third-order valence-electron chi connectivity index (χ3n) is 3.93. The van der Waals surface area contributed by atoms with E-state index in [4.69, 9.17) is 0 Å². The van der Waals surface area contributed by atoms with Crippen LogP contribution in [0.1, 0.15) is 39.6 Å². The van der Waals surface area contributed by atoms with Gasteiger partial charge in [-0.2, -0.15) is 0 Å². The number of rotatable bonds is 3. The summed E-state index contributed by atoms with van der Waals surface area (Å²) in [6.45, 7) is 4.20. The molecule has 2 N–H and O–H groups in total. The van der Waals surface area contributed by atoms with Crippen LogP contribution >= 0.6 is 11.3 Å². The maximum atomic E-state index is 12.2. The second-order valence-electron chi connectivity index (χ2n) is 5.57. The maximum Gasteiger partial charge on any atom is 0.255 e. The summed E-state index contributed by atoms with van der Waals surface area (Å²) in [7, 11) is 0. The molecule has 2 aromatic rings. The lowest BCUT2D eigenvalue weighted by Gasteiger charge is -2.23. The van der Waals surface area contributed by atoms with Gasteiger partial charge in [-0.3, -0.25) is 4.79 Å². The lowest BCUT2D eigenvalue weighted by Crippen LogP contribution is -2.28. The van der Waals surface area contributed by atoms with Crippen molar-refractivity contribution in [1.29, 1.82) is 0 Å². The second-order valence-corrected chi connectivity index (χ2v) is 6.68. The number of aryl methyl sites for hydroxylation is 1. The van der Waals surface area contributed by atoms with Gasteiger partial charge in [-0.15, -0.1) is 11.3 Å². The van der Waals surface area contributed by atoms with Gasteiger partial charge in [-0.25, -0.2) is 0 Å². The zero-order valence-corrected chi connectivity index (χ0v) is 13.0. The Labute approximate surface area is 129 Å². The van der Waals surface area contributed by atoms with Crippen LogP contribution in [0.15, 0.2) is 35.7 Å². The van der Waals surface area contributed by atoms with Crippen molar-refractivity contribution in [3.05, 3.63) is 51.7 Å². The first-order valence-electron chi connectivity index (χ1n) is 7.39. The molecule has 0 spiro atoms. The highest BCUT2D eigenvalue weighted by molar-refractivity contribution is 7.10. The molecule has 4 heteroatoms. The molecule has 1 aromatic heterocycles. The van der Waals surface area contributed by atoms with Crippen LogP contribution in [0.5, 0.6) is 0 Å². The molecular formula is C17H20N2OS. The number of piperidine rings is 1. The molecule has 1 fully saturated rings. The molecular weight excluding hydrogens is 280 g/mol. The number of benzene rings is 1. The van der Waals surface area contributed by atoms with Crippen molar-refractivity contribution in [1.82, 2.24) is 5.32 Å². The van der Waals surface area contributed by atoms with E-state index in [1.54, 1.807) is 11.3 Å². The summed E-state index contributed by atoms with van der Waals surface area (Å²) in [5.74, 6) is 0.538. The van der Waals surface area contributed by atoms with Crippen LogP contribution in [0.3, 0.4) is 0 Å². The number of nitrogens with one attached hydrogen (secondary N) is 2. The van der Waals surface area contributed by atoms with Crippen LogP contribution in [0.25, 0.3) is 0 Å². The van der Waals surface area contributed by atoms with Gasteiger partial charge in [0.2, 0.25) is 0 Å². The average molecular weight is 300 g/mol. The Kier molecular flexibility index (Phi) is 4.36. The van der Waals surface area contributed by atoms with Crippen LogP contribution in [-0.4, -0.2) is 19.0 Å². The molecule has 110 valence electrons. The number of anilines is 1. The minimum Gasteiger partial charge on any atom is -0.321 e. The second kappa shape index (κ2) is 6.41. The van der Waals surface area contributed by atoms with Crippen molar-refractivity contribution in [2.75, 3.05) is 18.4 Å². The number of thiophene rings is 1. The summed E-state index contributed by atoms with van der Waals surface area (Å²) in [6, 6.07) is 10.0. The Bertz CT molecular complexity index is 612. The summed E-state index contributed by atoms with van der Waals surface area (Å²) in [5.41, 5.74) is 2.92. The number of amides is 1. The highest BCUT2D eigenvalue weighted by atomic mass is 32.1.